The molecule has 0 aliphatic carbocycles. The Hall–Kier alpha value is -1.81. The molecule has 102 valence electrons. The molecule has 2 aromatic heterocycles. The summed E-state index contributed by atoms with van der Waals surface area (Å²) >= 11 is 0. The van der Waals surface area contributed by atoms with E-state index in [1.807, 2.05) is 45.2 Å². The first kappa shape index (κ1) is 13.6. The fourth-order valence-corrected chi connectivity index (χ4v) is 1.92. The SMILES string of the molecule is CC[C@@H](O)c1ccc(N(C)Cc2ccc(C)o2)cn1. The molecule has 0 fully saturated rings. The minimum atomic E-state index is -0.480. The number of aliphatic hydroxyl groups excluding tert-OH is 1. The highest BCUT2D eigenvalue weighted by Crippen LogP contribution is 2.19. The van der Waals surface area contributed by atoms with Crippen LogP contribution in [-0.2, 0) is 6.54 Å². The third kappa shape index (κ3) is 3.35. The van der Waals surface area contributed by atoms with Gasteiger partial charge in [-0.05, 0) is 37.6 Å². The van der Waals surface area contributed by atoms with Crippen molar-refractivity contribution in [1.29, 1.82) is 0 Å². The highest BCUT2D eigenvalue weighted by Gasteiger charge is 2.09. The van der Waals surface area contributed by atoms with Crippen molar-refractivity contribution in [3.63, 3.8) is 0 Å². The van der Waals surface area contributed by atoms with Crippen molar-refractivity contribution in [2.24, 2.45) is 0 Å². The monoisotopic (exact) mass is 260 g/mol. The standard InChI is InChI=1S/C15H20N2O2/c1-4-15(18)14-8-6-12(9-16-14)17(3)10-13-7-5-11(2)19-13/h5-9,15,18H,4,10H2,1-3H3/t15-/m1/s1. The average molecular weight is 260 g/mol. The van der Waals surface area contributed by atoms with Crippen molar-refractivity contribution in [2.75, 3.05) is 11.9 Å². The third-order valence-electron chi connectivity index (χ3n) is 3.13. The second kappa shape index (κ2) is 5.89. The molecule has 2 rings (SSSR count). The summed E-state index contributed by atoms with van der Waals surface area (Å²) in [5.74, 6) is 1.85. The minimum Gasteiger partial charge on any atom is -0.464 e. The van der Waals surface area contributed by atoms with Gasteiger partial charge in [0.25, 0.3) is 0 Å². The first-order valence-electron chi connectivity index (χ1n) is 6.50. The average Bonchev–Trinajstić information content (AvgIpc) is 2.83. The summed E-state index contributed by atoms with van der Waals surface area (Å²) in [5.41, 5.74) is 1.72. The van der Waals surface area contributed by atoms with Gasteiger partial charge in [0.15, 0.2) is 0 Å². The number of pyridine rings is 1. The lowest BCUT2D eigenvalue weighted by Crippen LogP contribution is -2.16. The molecule has 2 aromatic rings. The Morgan fingerprint density at radius 2 is 2.11 bits per heavy atom. The largest absolute Gasteiger partial charge is 0.464 e. The molecule has 2 heterocycles. The smallest absolute Gasteiger partial charge is 0.123 e. The predicted molar refractivity (Wildman–Crippen MR) is 75.0 cm³/mol. The zero-order valence-electron chi connectivity index (χ0n) is 11.6. The second-order valence-electron chi connectivity index (χ2n) is 4.73. The fraction of sp³-hybridized carbons (Fsp3) is 0.400. The number of furan rings is 1. The van der Waals surface area contributed by atoms with Gasteiger partial charge in [-0.15, -0.1) is 0 Å². The lowest BCUT2D eigenvalue weighted by atomic mass is 10.2. The summed E-state index contributed by atoms with van der Waals surface area (Å²) in [7, 11) is 1.99. The normalized spacial score (nSPS) is 12.4. The second-order valence-corrected chi connectivity index (χ2v) is 4.73. The summed E-state index contributed by atoms with van der Waals surface area (Å²) in [6.07, 6.45) is 1.98. The molecule has 1 atom stereocenters. The lowest BCUT2D eigenvalue weighted by Gasteiger charge is -2.18. The van der Waals surface area contributed by atoms with Gasteiger partial charge < -0.3 is 14.4 Å². The number of hydrogen-bond acceptors (Lipinski definition) is 4. The van der Waals surface area contributed by atoms with Gasteiger partial charge in [-0.25, -0.2) is 0 Å². The lowest BCUT2D eigenvalue weighted by molar-refractivity contribution is 0.169. The minimum absolute atomic E-state index is 0.480. The molecule has 1 N–H and O–H groups in total. The van der Waals surface area contributed by atoms with Crippen molar-refractivity contribution in [2.45, 2.75) is 32.9 Å². The Bertz CT molecular complexity index is 519. The molecule has 0 aliphatic rings. The van der Waals surface area contributed by atoms with Gasteiger partial charge in [0.1, 0.15) is 11.5 Å². The van der Waals surface area contributed by atoms with Gasteiger partial charge in [0.05, 0.1) is 30.2 Å². The highest BCUT2D eigenvalue weighted by atomic mass is 16.3. The maximum absolute atomic E-state index is 9.71. The van der Waals surface area contributed by atoms with Crippen LogP contribution in [0.5, 0.6) is 0 Å². The summed E-state index contributed by atoms with van der Waals surface area (Å²) < 4.78 is 5.55. The van der Waals surface area contributed by atoms with E-state index in [9.17, 15) is 5.11 Å². The zero-order chi connectivity index (χ0) is 13.8. The van der Waals surface area contributed by atoms with E-state index in [0.717, 1.165) is 17.2 Å². The third-order valence-corrected chi connectivity index (χ3v) is 3.13. The Morgan fingerprint density at radius 3 is 2.63 bits per heavy atom. The summed E-state index contributed by atoms with van der Waals surface area (Å²) in [5, 5.41) is 9.71. The summed E-state index contributed by atoms with van der Waals surface area (Å²) in [4.78, 5) is 6.36. The van der Waals surface area contributed by atoms with Gasteiger partial charge >= 0.3 is 0 Å². The van der Waals surface area contributed by atoms with Crippen molar-refractivity contribution in [3.8, 4) is 0 Å². The predicted octanol–water partition coefficient (Wildman–Crippen LogP) is 3.06. The van der Waals surface area contributed by atoms with Gasteiger partial charge in [-0.1, -0.05) is 6.92 Å². The Kier molecular flexibility index (Phi) is 4.22. The molecule has 0 aromatic carbocycles. The van der Waals surface area contributed by atoms with Crippen LogP contribution in [0.2, 0.25) is 0 Å². The van der Waals surface area contributed by atoms with Gasteiger partial charge in [0, 0.05) is 7.05 Å². The molecule has 0 saturated heterocycles. The van der Waals surface area contributed by atoms with Crippen LogP contribution in [0.25, 0.3) is 0 Å². The summed E-state index contributed by atoms with van der Waals surface area (Å²) in [6.45, 7) is 4.57. The molecule has 0 amide bonds. The quantitative estimate of drug-likeness (QED) is 0.897. The molecule has 4 heteroatoms. The van der Waals surface area contributed by atoms with Crippen LogP contribution >= 0.6 is 0 Å². The molecule has 0 unspecified atom stereocenters. The molecule has 0 spiro atoms. The molecular formula is C15H20N2O2. The van der Waals surface area contributed by atoms with Gasteiger partial charge in [-0.3, -0.25) is 4.98 Å². The van der Waals surface area contributed by atoms with Crippen LogP contribution in [0.1, 0.15) is 36.7 Å². The topological polar surface area (TPSA) is 49.5 Å². The zero-order valence-corrected chi connectivity index (χ0v) is 11.6. The van der Waals surface area contributed by atoms with Crippen molar-refractivity contribution in [3.05, 3.63) is 47.7 Å². The Labute approximate surface area is 113 Å². The number of aliphatic hydroxyl groups is 1. The highest BCUT2D eigenvalue weighted by molar-refractivity contribution is 5.44. The van der Waals surface area contributed by atoms with E-state index in [-0.39, 0.29) is 0 Å². The van der Waals surface area contributed by atoms with E-state index in [4.69, 9.17) is 4.42 Å². The van der Waals surface area contributed by atoms with E-state index < -0.39 is 6.10 Å². The van der Waals surface area contributed by atoms with Crippen LogP contribution in [0, 0.1) is 6.92 Å². The Balaban J connectivity index is 2.05. The number of anilines is 1. The molecular weight excluding hydrogens is 240 g/mol. The fourth-order valence-electron chi connectivity index (χ4n) is 1.92. The number of aryl methyl sites for hydroxylation is 1. The maximum Gasteiger partial charge on any atom is 0.123 e. The van der Waals surface area contributed by atoms with Crippen molar-refractivity contribution >= 4 is 5.69 Å². The maximum atomic E-state index is 9.71. The van der Waals surface area contributed by atoms with Crippen LogP contribution in [0.15, 0.2) is 34.9 Å². The van der Waals surface area contributed by atoms with Crippen LogP contribution in [-0.4, -0.2) is 17.1 Å². The van der Waals surface area contributed by atoms with E-state index in [1.54, 1.807) is 6.20 Å². The van der Waals surface area contributed by atoms with E-state index in [1.165, 1.54) is 0 Å². The molecule has 0 aliphatic heterocycles. The van der Waals surface area contributed by atoms with Crippen LogP contribution in [0.3, 0.4) is 0 Å². The number of aromatic nitrogens is 1. The summed E-state index contributed by atoms with van der Waals surface area (Å²) in [6, 6.07) is 7.78. The Morgan fingerprint density at radius 1 is 1.32 bits per heavy atom. The van der Waals surface area contributed by atoms with Crippen LogP contribution < -0.4 is 4.90 Å². The molecule has 0 saturated carbocycles. The molecule has 0 bridgehead atoms. The van der Waals surface area contributed by atoms with E-state index in [2.05, 4.69) is 9.88 Å². The van der Waals surface area contributed by atoms with E-state index in [0.29, 0.717) is 18.7 Å². The van der Waals surface area contributed by atoms with E-state index >= 15 is 0 Å². The number of rotatable bonds is 5. The molecule has 4 nitrogen and oxygen atoms in total. The van der Waals surface area contributed by atoms with Crippen molar-refractivity contribution < 1.29 is 9.52 Å². The number of nitrogens with zero attached hydrogens (tertiary/aromatic N) is 2. The first-order chi connectivity index (χ1) is 9.10. The van der Waals surface area contributed by atoms with Crippen LogP contribution in [0.4, 0.5) is 5.69 Å². The van der Waals surface area contributed by atoms with Gasteiger partial charge in [0.2, 0.25) is 0 Å². The first-order valence-corrected chi connectivity index (χ1v) is 6.50. The molecule has 0 radical (unpaired) electrons. The van der Waals surface area contributed by atoms with Crippen molar-refractivity contribution in [1.82, 2.24) is 4.98 Å². The number of hydrogen-bond donors (Lipinski definition) is 1. The molecule has 19 heavy (non-hydrogen) atoms. The van der Waals surface area contributed by atoms with Gasteiger partial charge in [-0.2, -0.15) is 0 Å².